The highest BCUT2D eigenvalue weighted by atomic mass is 32.2. The molecule has 1 aromatic rings. The Morgan fingerprint density at radius 2 is 1.65 bits per heavy atom. The van der Waals surface area contributed by atoms with Gasteiger partial charge in [-0.1, -0.05) is 18.6 Å². The summed E-state index contributed by atoms with van der Waals surface area (Å²) in [6.07, 6.45) is 6.33. The lowest BCUT2D eigenvalue weighted by atomic mass is 10.0. The maximum absolute atomic E-state index is 12.7. The van der Waals surface area contributed by atoms with Gasteiger partial charge in [0.15, 0.2) is 0 Å². The Hall–Kier alpha value is -1.44. The molecule has 26 heavy (non-hydrogen) atoms. The number of amides is 1. The average molecular weight is 380 g/mol. The van der Waals surface area contributed by atoms with E-state index >= 15 is 0 Å². The summed E-state index contributed by atoms with van der Waals surface area (Å²) in [4.78, 5) is 14.8. The second-order valence-corrected chi connectivity index (χ2v) is 9.20. The van der Waals surface area contributed by atoms with Gasteiger partial charge in [0, 0.05) is 32.2 Å². The molecular weight excluding hydrogens is 350 g/mol. The highest BCUT2D eigenvalue weighted by molar-refractivity contribution is 7.89. The van der Waals surface area contributed by atoms with Crippen molar-refractivity contribution in [1.29, 1.82) is 0 Å². The molecule has 0 bridgehead atoms. The Bertz CT molecular complexity index is 712. The number of rotatable bonds is 5. The van der Waals surface area contributed by atoms with Crippen LogP contribution in [0, 0.1) is 0 Å². The molecule has 144 valence electrons. The van der Waals surface area contributed by atoms with E-state index in [-0.39, 0.29) is 11.9 Å². The highest BCUT2D eigenvalue weighted by Crippen LogP contribution is 2.22. The lowest BCUT2D eigenvalue weighted by Crippen LogP contribution is -2.48. The van der Waals surface area contributed by atoms with E-state index in [0.29, 0.717) is 31.0 Å². The highest BCUT2D eigenvalue weighted by Gasteiger charge is 2.27. The van der Waals surface area contributed by atoms with Crippen LogP contribution in [0.3, 0.4) is 0 Å². The molecule has 1 aromatic carbocycles. The van der Waals surface area contributed by atoms with Gasteiger partial charge in [-0.3, -0.25) is 4.79 Å². The molecule has 2 heterocycles. The summed E-state index contributed by atoms with van der Waals surface area (Å²) in [7, 11) is -3.42. The van der Waals surface area contributed by atoms with Crippen LogP contribution in [-0.4, -0.2) is 55.8 Å². The molecule has 1 atom stereocenters. The number of nitrogens with zero attached hydrogens (tertiary/aromatic N) is 2. The van der Waals surface area contributed by atoms with E-state index in [1.54, 1.807) is 28.6 Å². The van der Waals surface area contributed by atoms with Crippen LogP contribution in [0.5, 0.6) is 0 Å². The van der Waals surface area contributed by atoms with Crippen molar-refractivity contribution in [3.05, 3.63) is 29.8 Å². The molecule has 3 rings (SSSR count). The lowest BCUT2D eigenvalue weighted by Gasteiger charge is -2.35. The molecule has 1 amide bonds. The lowest BCUT2D eigenvalue weighted by molar-refractivity contribution is -0.133. The zero-order chi connectivity index (χ0) is 18.6. The van der Waals surface area contributed by atoms with E-state index in [1.807, 2.05) is 4.90 Å². The van der Waals surface area contributed by atoms with Crippen LogP contribution in [0.4, 0.5) is 0 Å². The molecule has 0 radical (unpaired) electrons. The van der Waals surface area contributed by atoms with Crippen molar-refractivity contribution in [2.45, 2.75) is 55.9 Å². The number of hydrogen-bond acceptors (Lipinski definition) is 4. The van der Waals surface area contributed by atoms with Crippen LogP contribution in [-0.2, 0) is 21.2 Å². The van der Waals surface area contributed by atoms with E-state index in [9.17, 15) is 13.2 Å². The summed E-state index contributed by atoms with van der Waals surface area (Å²) in [5.74, 6) is 0.0757. The molecule has 2 fully saturated rings. The Morgan fingerprint density at radius 1 is 1.00 bits per heavy atom. The largest absolute Gasteiger partial charge is 0.338 e. The molecule has 0 saturated carbocycles. The first-order valence-corrected chi connectivity index (χ1v) is 11.0. The summed E-state index contributed by atoms with van der Waals surface area (Å²) < 4.78 is 26.9. The molecular formula is C19H29N3O3S. The number of sulfonamides is 1. The summed E-state index contributed by atoms with van der Waals surface area (Å²) in [6, 6.07) is 6.91. The number of likely N-dealkylation sites (tertiary alicyclic amines) is 1. The first kappa shape index (κ1) is 19.3. The first-order chi connectivity index (χ1) is 12.5. The van der Waals surface area contributed by atoms with Crippen LogP contribution >= 0.6 is 0 Å². The monoisotopic (exact) mass is 379 g/mol. The van der Waals surface area contributed by atoms with Crippen molar-refractivity contribution in [1.82, 2.24) is 9.21 Å². The third-order valence-corrected chi connectivity index (χ3v) is 7.36. The minimum Gasteiger partial charge on any atom is -0.338 e. The zero-order valence-corrected chi connectivity index (χ0v) is 16.1. The minimum atomic E-state index is -3.42. The van der Waals surface area contributed by atoms with E-state index in [2.05, 4.69) is 0 Å². The third kappa shape index (κ3) is 4.27. The molecule has 0 aliphatic carbocycles. The van der Waals surface area contributed by atoms with E-state index in [0.717, 1.165) is 50.6 Å². The van der Waals surface area contributed by atoms with Crippen molar-refractivity contribution >= 4 is 15.9 Å². The van der Waals surface area contributed by atoms with Gasteiger partial charge in [-0.2, -0.15) is 4.31 Å². The Morgan fingerprint density at radius 3 is 2.31 bits per heavy atom. The fourth-order valence-electron chi connectivity index (χ4n) is 3.88. The standard InChI is InChI=1S/C19H29N3O3S/c20-15-17-6-2-5-13-22(17)19(23)14-16-7-9-18(10-8-16)26(24,25)21-11-3-1-4-12-21/h7-10,17H,1-6,11-15,20H2. The normalized spacial score (nSPS) is 22.3. The van der Waals surface area contributed by atoms with Crippen molar-refractivity contribution < 1.29 is 13.2 Å². The summed E-state index contributed by atoms with van der Waals surface area (Å²) in [6.45, 7) is 2.46. The van der Waals surface area contributed by atoms with Gasteiger partial charge in [0.2, 0.25) is 15.9 Å². The second-order valence-electron chi connectivity index (χ2n) is 7.26. The molecule has 2 saturated heterocycles. The molecule has 0 aromatic heterocycles. The van der Waals surface area contributed by atoms with Gasteiger partial charge in [-0.15, -0.1) is 0 Å². The second kappa shape index (κ2) is 8.50. The zero-order valence-electron chi connectivity index (χ0n) is 15.3. The number of nitrogens with two attached hydrogens (primary N) is 1. The fourth-order valence-corrected chi connectivity index (χ4v) is 5.40. The van der Waals surface area contributed by atoms with Gasteiger partial charge < -0.3 is 10.6 Å². The van der Waals surface area contributed by atoms with Gasteiger partial charge in [-0.25, -0.2) is 8.42 Å². The van der Waals surface area contributed by atoms with Crippen LogP contribution in [0.1, 0.15) is 44.1 Å². The topological polar surface area (TPSA) is 83.7 Å². The smallest absolute Gasteiger partial charge is 0.243 e. The maximum atomic E-state index is 12.7. The van der Waals surface area contributed by atoms with E-state index in [4.69, 9.17) is 5.73 Å². The minimum absolute atomic E-state index is 0.0757. The van der Waals surface area contributed by atoms with Gasteiger partial charge in [0.05, 0.1) is 11.3 Å². The average Bonchev–Trinajstić information content (AvgIpc) is 2.69. The number of benzene rings is 1. The van der Waals surface area contributed by atoms with Crippen LogP contribution in [0.2, 0.25) is 0 Å². The molecule has 0 spiro atoms. The van der Waals surface area contributed by atoms with Crippen molar-refractivity contribution in [2.75, 3.05) is 26.2 Å². The fraction of sp³-hybridized carbons (Fsp3) is 0.632. The maximum Gasteiger partial charge on any atom is 0.243 e. The number of piperidine rings is 2. The number of carbonyl (C=O) groups is 1. The predicted octanol–water partition coefficient (Wildman–Crippen LogP) is 1.74. The number of carbonyl (C=O) groups excluding carboxylic acids is 1. The van der Waals surface area contributed by atoms with Gasteiger partial charge >= 0.3 is 0 Å². The predicted molar refractivity (Wildman–Crippen MR) is 101 cm³/mol. The molecule has 2 aliphatic heterocycles. The van der Waals surface area contributed by atoms with Crippen LogP contribution < -0.4 is 5.73 Å². The Labute approximate surface area is 156 Å². The summed E-state index contributed by atoms with van der Waals surface area (Å²) >= 11 is 0. The Kier molecular flexibility index (Phi) is 6.32. The summed E-state index contributed by atoms with van der Waals surface area (Å²) in [5.41, 5.74) is 6.64. The summed E-state index contributed by atoms with van der Waals surface area (Å²) in [5, 5.41) is 0. The van der Waals surface area contributed by atoms with Gasteiger partial charge in [0.25, 0.3) is 0 Å². The van der Waals surface area contributed by atoms with Gasteiger partial charge in [-0.05, 0) is 49.8 Å². The quantitative estimate of drug-likeness (QED) is 0.845. The number of hydrogen-bond donors (Lipinski definition) is 1. The Balaban J connectivity index is 1.66. The molecule has 7 heteroatoms. The van der Waals surface area contributed by atoms with Gasteiger partial charge in [0.1, 0.15) is 0 Å². The van der Waals surface area contributed by atoms with Crippen molar-refractivity contribution in [3.63, 3.8) is 0 Å². The van der Waals surface area contributed by atoms with E-state index in [1.165, 1.54) is 0 Å². The molecule has 2 aliphatic rings. The molecule has 2 N–H and O–H groups in total. The first-order valence-electron chi connectivity index (χ1n) is 9.61. The van der Waals surface area contributed by atoms with Crippen molar-refractivity contribution in [2.24, 2.45) is 5.73 Å². The van der Waals surface area contributed by atoms with Crippen LogP contribution in [0.15, 0.2) is 29.2 Å². The van der Waals surface area contributed by atoms with E-state index < -0.39 is 10.0 Å². The van der Waals surface area contributed by atoms with Crippen molar-refractivity contribution in [3.8, 4) is 0 Å². The molecule has 6 nitrogen and oxygen atoms in total. The SMILES string of the molecule is NCC1CCCCN1C(=O)Cc1ccc(S(=O)(=O)N2CCCCC2)cc1. The molecule has 1 unspecified atom stereocenters. The van der Waals surface area contributed by atoms with Crippen LogP contribution in [0.25, 0.3) is 0 Å². The third-order valence-electron chi connectivity index (χ3n) is 5.45.